The van der Waals surface area contributed by atoms with E-state index in [1.165, 1.54) is 6.21 Å². The van der Waals surface area contributed by atoms with E-state index in [9.17, 15) is 14.7 Å². The van der Waals surface area contributed by atoms with Gasteiger partial charge in [-0.25, -0.2) is 5.43 Å². The van der Waals surface area contributed by atoms with E-state index in [1.54, 1.807) is 17.0 Å². The highest BCUT2D eigenvalue weighted by molar-refractivity contribution is 6.35. The Balaban J connectivity index is 1.99. The zero-order chi connectivity index (χ0) is 18.9. The average molecular weight is 360 g/mol. The van der Waals surface area contributed by atoms with Gasteiger partial charge in [-0.1, -0.05) is 12.8 Å². The zero-order valence-corrected chi connectivity index (χ0v) is 15.6. The molecule has 7 heteroatoms. The van der Waals surface area contributed by atoms with Gasteiger partial charge in [0, 0.05) is 37.4 Å². The smallest absolute Gasteiger partial charge is 0.329 e. The molecule has 2 rings (SSSR count). The summed E-state index contributed by atoms with van der Waals surface area (Å²) in [6, 6.07) is 5.23. The molecule has 142 valence electrons. The van der Waals surface area contributed by atoms with Crippen LogP contribution in [0.25, 0.3) is 0 Å². The monoisotopic (exact) mass is 360 g/mol. The number of phenols is 1. The Hall–Kier alpha value is -2.57. The molecule has 1 aliphatic rings. The van der Waals surface area contributed by atoms with Gasteiger partial charge < -0.3 is 14.9 Å². The number of hydrogen-bond acceptors (Lipinski definition) is 5. The zero-order valence-electron chi connectivity index (χ0n) is 15.6. The van der Waals surface area contributed by atoms with Crippen LogP contribution in [0.15, 0.2) is 23.3 Å². The second kappa shape index (κ2) is 9.79. The molecule has 1 aromatic rings. The lowest BCUT2D eigenvalue weighted by molar-refractivity contribution is -0.145. The van der Waals surface area contributed by atoms with Crippen LogP contribution in [-0.2, 0) is 9.59 Å². The molecule has 26 heavy (non-hydrogen) atoms. The summed E-state index contributed by atoms with van der Waals surface area (Å²) in [5.74, 6) is -1.23. The van der Waals surface area contributed by atoms with Crippen molar-refractivity contribution < 1.29 is 14.7 Å². The number of benzene rings is 1. The van der Waals surface area contributed by atoms with Crippen molar-refractivity contribution in [1.82, 2.24) is 10.3 Å². The third-order valence-corrected chi connectivity index (χ3v) is 4.60. The Morgan fingerprint density at radius 2 is 1.85 bits per heavy atom. The molecule has 0 aromatic heterocycles. The van der Waals surface area contributed by atoms with Crippen LogP contribution in [0.2, 0.25) is 0 Å². The van der Waals surface area contributed by atoms with Crippen LogP contribution in [0.3, 0.4) is 0 Å². The topological polar surface area (TPSA) is 85.2 Å². The minimum absolute atomic E-state index is 0.0674. The average Bonchev–Trinajstić information content (AvgIpc) is 2.93. The Morgan fingerprint density at radius 1 is 1.19 bits per heavy atom. The molecule has 2 amide bonds. The first-order valence-corrected chi connectivity index (χ1v) is 9.27. The summed E-state index contributed by atoms with van der Waals surface area (Å²) in [6.07, 6.45) is 5.38. The van der Waals surface area contributed by atoms with Crippen molar-refractivity contribution in [2.24, 2.45) is 5.10 Å². The molecule has 7 nitrogen and oxygen atoms in total. The molecule has 0 radical (unpaired) electrons. The maximum Gasteiger partial charge on any atom is 0.329 e. The lowest BCUT2D eigenvalue weighted by Crippen LogP contribution is -2.41. The number of hydrogen-bond donors (Lipinski definition) is 2. The van der Waals surface area contributed by atoms with E-state index >= 15 is 0 Å². The highest BCUT2D eigenvalue weighted by Crippen LogP contribution is 2.22. The molecular formula is C19H28N4O3. The minimum Gasteiger partial charge on any atom is -0.507 e. The molecular weight excluding hydrogens is 332 g/mol. The van der Waals surface area contributed by atoms with Crippen molar-refractivity contribution in [2.75, 3.05) is 31.1 Å². The van der Waals surface area contributed by atoms with Gasteiger partial charge in [0.25, 0.3) is 0 Å². The van der Waals surface area contributed by atoms with E-state index < -0.39 is 11.8 Å². The second-order valence-corrected chi connectivity index (χ2v) is 6.32. The molecule has 0 aliphatic carbocycles. The fourth-order valence-corrected chi connectivity index (χ4v) is 3.06. The Morgan fingerprint density at radius 3 is 2.46 bits per heavy atom. The van der Waals surface area contributed by atoms with Gasteiger partial charge in [0.05, 0.1) is 6.21 Å². The van der Waals surface area contributed by atoms with Gasteiger partial charge in [0.2, 0.25) is 0 Å². The first-order chi connectivity index (χ1) is 12.6. The molecule has 2 N–H and O–H groups in total. The third-order valence-electron chi connectivity index (χ3n) is 4.60. The van der Waals surface area contributed by atoms with Crippen LogP contribution in [0.1, 0.15) is 45.1 Å². The maximum atomic E-state index is 12.2. The van der Waals surface area contributed by atoms with E-state index in [4.69, 9.17) is 0 Å². The van der Waals surface area contributed by atoms with Crippen LogP contribution in [0, 0.1) is 0 Å². The predicted octanol–water partition coefficient (Wildman–Crippen LogP) is 2.09. The number of hydrazone groups is 1. The Bertz CT molecular complexity index is 648. The highest BCUT2D eigenvalue weighted by atomic mass is 16.3. The van der Waals surface area contributed by atoms with E-state index in [-0.39, 0.29) is 5.75 Å². The third kappa shape index (κ3) is 5.21. The Kier molecular flexibility index (Phi) is 7.44. The molecule has 0 unspecified atom stereocenters. The van der Waals surface area contributed by atoms with E-state index in [1.807, 2.05) is 6.07 Å². The molecule has 1 saturated heterocycles. The number of carbonyl (C=O) groups is 2. The van der Waals surface area contributed by atoms with E-state index in [2.05, 4.69) is 29.3 Å². The summed E-state index contributed by atoms with van der Waals surface area (Å²) >= 11 is 0. The fraction of sp³-hybridized carbons (Fsp3) is 0.526. The summed E-state index contributed by atoms with van der Waals surface area (Å²) in [5, 5.41) is 13.8. The fourth-order valence-electron chi connectivity index (χ4n) is 3.06. The molecule has 0 spiro atoms. The van der Waals surface area contributed by atoms with E-state index in [0.717, 1.165) is 44.5 Å². The lowest BCUT2D eigenvalue weighted by atomic mass is 10.1. The number of nitrogens with zero attached hydrogens (tertiary/aromatic N) is 3. The lowest BCUT2D eigenvalue weighted by Gasteiger charge is -2.21. The van der Waals surface area contributed by atoms with Gasteiger partial charge in [-0.3, -0.25) is 9.59 Å². The molecule has 0 bridgehead atoms. The number of amides is 2. The molecule has 1 fully saturated rings. The number of aromatic hydroxyl groups is 1. The minimum atomic E-state index is -0.748. The van der Waals surface area contributed by atoms with Crippen LogP contribution < -0.4 is 10.3 Å². The first-order valence-electron chi connectivity index (χ1n) is 9.27. The van der Waals surface area contributed by atoms with E-state index in [0.29, 0.717) is 18.7 Å². The SMILES string of the molecule is CCN(CC)c1ccc(O)c(/C=N\NC(=O)C(=O)N2CCCCCC2)c1. The summed E-state index contributed by atoms with van der Waals surface area (Å²) < 4.78 is 0. The van der Waals surface area contributed by atoms with Gasteiger partial charge in [-0.15, -0.1) is 0 Å². The van der Waals surface area contributed by atoms with Crippen molar-refractivity contribution in [3.8, 4) is 5.75 Å². The summed E-state index contributed by atoms with van der Waals surface area (Å²) in [7, 11) is 0. The van der Waals surface area contributed by atoms with Crippen molar-refractivity contribution in [2.45, 2.75) is 39.5 Å². The maximum absolute atomic E-state index is 12.2. The first kappa shape index (κ1) is 19.8. The molecule has 0 saturated carbocycles. The normalized spacial score (nSPS) is 14.9. The molecule has 1 heterocycles. The van der Waals surface area contributed by atoms with Crippen LogP contribution >= 0.6 is 0 Å². The molecule has 1 aliphatic heterocycles. The molecule has 1 aromatic carbocycles. The van der Waals surface area contributed by atoms with Gasteiger partial charge >= 0.3 is 11.8 Å². The van der Waals surface area contributed by atoms with Gasteiger partial charge in [-0.05, 0) is 44.9 Å². The van der Waals surface area contributed by atoms with Crippen LogP contribution in [0.5, 0.6) is 5.75 Å². The standard InChI is InChI=1S/C19H28N4O3/c1-3-22(4-2)16-9-10-17(24)15(13-16)14-20-21-18(25)19(26)23-11-7-5-6-8-12-23/h9-10,13-14,24H,3-8,11-12H2,1-2H3,(H,21,25)/b20-14-. The second-order valence-electron chi connectivity index (χ2n) is 6.32. The number of rotatable bonds is 5. The number of anilines is 1. The summed E-state index contributed by atoms with van der Waals surface area (Å²) in [4.78, 5) is 27.9. The summed E-state index contributed by atoms with van der Waals surface area (Å²) in [5.41, 5.74) is 3.71. The van der Waals surface area contributed by atoms with Gasteiger partial charge in [-0.2, -0.15) is 5.10 Å². The largest absolute Gasteiger partial charge is 0.507 e. The van der Waals surface area contributed by atoms with Gasteiger partial charge in [0.15, 0.2) is 0 Å². The van der Waals surface area contributed by atoms with Crippen molar-refractivity contribution in [3.05, 3.63) is 23.8 Å². The Labute approximate surface area is 154 Å². The van der Waals surface area contributed by atoms with Crippen LogP contribution in [0.4, 0.5) is 5.69 Å². The van der Waals surface area contributed by atoms with Crippen molar-refractivity contribution in [1.29, 1.82) is 0 Å². The van der Waals surface area contributed by atoms with Crippen molar-refractivity contribution >= 4 is 23.7 Å². The number of carbonyl (C=O) groups excluding carboxylic acids is 2. The van der Waals surface area contributed by atoms with Crippen molar-refractivity contribution in [3.63, 3.8) is 0 Å². The van der Waals surface area contributed by atoms with Gasteiger partial charge in [0.1, 0.15) is 5.75 Å². The van der Waals surface area contributed by atoms with Crippen LogP contribution in [-0.4, -0.2) is 54.2 Å². The number of nitrogens with one attached hydrogen (secondary N) is 1. The predicted molar refractivity (Wildman–Crippen MR) is 102 cm³/mol. The summed E-state index contributed by atoms with van der Waals surface area (Å²) in [6.45, 7) is 7.03. The number of phenolic OH excluding ortho intramolecular Hbond substituents is 1. The molecule has 0 atom stereocenters. The highest BCUT2D eigenvalue weighted by Gasteiger charge is 2.22. The quantitative estimate of drug-likeness (QED) is 0.478. The number of likely N-dealkylation sites (tertiary alicyclic amines) is 1.